The second-order valence-corrected chi connectivity index (χ2v) is 8.51. The molecule has 1 aromatic carbocycles. The van der Waals surface area contributed by atoms with Gasteiger partial charge in [-0.3, -0.25) is 19.2 Å². The maximum Gasteiger partial charge on any atom is 0.328 e. The van der Waals surface area contributed by atoms with Crippen LogP contribution in [-0.2, 0) is 30.4 Å². The van der Waals surface area contributed by atoms with Gasteiger partial charge in [0.2, 0.25) is 17.7 Å². The number of amides is 3. The van der Waals surface area contributed by atoms with E-state index in [4.69, 9.17) is 10.2 Å². The van der Waals surface area contributed by atoms with Crippen LogP contribution in [0, 0.1) is 0 Å². The van der Waals surface area contributed by atoms with Crippen LogP contribution in [0.25, 0.3) is 10.9 Å². The van der Waals surface area contributed by atoms with Crippen molar-refractivity contribution in [2.45, 2.75) is 49.9 Å². The Morgan fingerprint density at radius 3 is 2.31 bits per heavy atom. The molecule has 3 amide bonds. The molecule has 1 saturated heterocycles. The monoisotopic (exact) mass is 503 g/mol. The molecule has 0 bridgehead atoms. The first-order valence-electron chi connectivity index (χ1n) is 11.4. The third-order valence-electron chi connectivity index (χ3n) is 5.92. The molecule has 36 heavy (non-hydrogen) atoms. The summed E-state index contributed by atoms with van der Waals surface area (Å²) in [5, 5.41) is 38.3. The van der Waals surface area contributed by atoms with Crippen LogP contribution in [0.15, 0.2) is 30.5 Å². The lowest BCUT2D eigenvalue weighted by molar-refractivity contribution is -0.144. The molecule has 1 aliphatic rings. The van der Waals surface area contributed by atoms with Gasteiger partial charge in [0.05, 0.1) is 19.1 Å². The summed E-state index contributed by atoms with van der Waals surface area (Å²) < 4.78 is 0. The predicted octanol–water partition coefficient (Wildman–Crippen LogP) is -1.53. The number of nitrogens with one attached hydrogen (secondary N) is 5. The summed E-state index contributed by atoms with van der Waals surface area (Å²) in [5.41, 5.74) is 1.54. The molecule has 8 N–H and O–H groups in total. The molecule has 0 spiro atoms. The van der Waals surface area contributed by atoms with Crippen LogP contribution in [0.2, 0.25) is 0 Å². The highest BCUT2D eigenvalue weighted by atomic mass is 16.4. The number of carbonyl (C=O) groups excluding carboxylic acids is 3. The Morgan fingerprint density at radius 1 is 0.972 bits per heavy atom. The number of para-hydroxylation sites is 1. The van der Waals surface area contributed by atoms with Crippen molar-refractivity contribution >= 4 is 40.6 Å². The number of rotatable bonds is 12. The minimum atomic E-state index is -1.68. The van der Waals surface area contributed by atoms with Crippen molar-refractivity contribution in [3.8, 4) is 0 Å². The van der Waals surface area contributed by atoms with Gasteiger partial charge in [-0.2, -0.15) is 0 Å². The Labute approximate surface area is 205 Å². The average Bonchev–Trinajstić information content (AvgIpc) is 3.51. The van der Waals surface area contributed by atoms with Gasteiger partial charge >= 0.3 is 11.9 Å². The molecule has 13 heteroatoms. The molecule has 13 nitrogen and oxygen atoms in total. The number of benzene rings is 1. The van der Waals surface area contributed by atoms with Crippen molar-refractivity contribution in [3.05, 3.63) is 36.0 Å². The standard InChI is InChI=1S/C23H29N5O8/c29-11-18(23(35)36)28-22(34)17(9-19(30)31)27-21(33)16(26-20(32)15-6-3-7-24-15)8-12-10-25-14-5-2-1-4-13(12)14/h1-2,4-5,10,15-18,24-25,29H,3,6-9,11H2,(H,26,32)(H,27,33)(H,28,34)(H,30,31)(H,35,36). The maximum atomic E-state index is 13.2. The number of aromatic nitrogens is 1. The number of hydrogen-bond acceptors (Lipinski definition) is 7. The summed E-state index contributed by atoms with van der Waals surface area (Å²) in [6.07, 6.45) is 2.30. The molecule has 1 aliphatic heterocycles. The fourth-order valence-electron chi connectivity index (χ4n) is 4.02. The molecular formula is C23H29N5O8. The number of aliphatic hydroxyl groups excluding tert-OH is 1. The van der Waals surface area contributed by atoms with Gasteiger partial charge in [0.15, 0.2) is 0 Å². The van der Waals surface area contributed by atoms with Crippen molar-refractivity contribution in [2.24, 2.45) is 0 Å². The Morgan fingerprint density at radius 2 is 1.67 bits per heavy atom. The van der Waals surface area contributed by atoms with Crippen LogP contribution in [0.5, 0.6) is 0 Å². The van der Waals surface area contributed by atoms with Gasteiger partial charge < -0.3 is 41.6 Å². The van der Waals surface area contributed by atoms with Crippen molar-refractivity contribution in [1.82, 2.24) is 26.3 Å². The van der Waals surface area contributed by atoms with Crippen LogP contribution in [0.1, 0.15) is 24.8 Å². The maximum absolute atomic E-state index is 13.2. The molecule has 0 aliphatic carbocycles. The number of carboxylic acid groups (broad SMARTS) is 2. The van der Waals surface area contributed by atoms with Crippen molar-refractivity contribution < 1.29 is 39.3 Å². The number of carbonyl (C=O) groups is 5. The van der Waals surface area contributed by atoms with Gasteiger partial charge in [0.1, 0.15) is 18.1 Å². The first-order valence-corrected chi connectivity index (χ1v) is 11.4. The minimum Gasteiger partial charge on any atom is -0.481 e. The highest BCUT2D eigenvalue weighted by Gasteiger charge is 2.32. The first-order chi connectivity index (χ1) is 17.2. The SMILES string of the molecule is O=C(O)CC(NC(=O)C(Cc1c[nH]c2ccccc12)NC(=O)C1CCCN1)C(=O)NC(CO)C(=O)O. The first kappa shape index (κ1) is 26.6. The second-order valence-electron chi connectivity index (χ2n) is 8.51. The largest absolute Gasteiger partial charge is 0.481 e. The van der Waals surface area contributed by atoms with E-state index in [9.17, 15) is 29.1 Å². The zero-order valence-electron chi connectivity index (χ0n) is 19.3. The van der Waals surface area contributed by atoms with Gasteiger partial charge in [0, 0.05) is 23.5 Å². The lowest BCUT2D eigenvalue weighted by Gasteiger charge is -2.24. The molecule has 2 aromatic rings. The van der Waals surface area contributed by atoms with Crippen molar-refractivity contribution in [2.75, 3.05) is 13.2 Å². The molecule has 194 valence electrons. The summed E-state index contributed by atoms with van der Waals surface area (Å²) in [5.74, 6) is -5.26. The lowest BCUT2D eigenvalue weighted by Crippen LogP contribution is -2.58. The fraction of sp³-hybridized carbons (Fsp3) is 0.435. The molecule has 1 aromatic heterocycles. The highest BCUT2D eigenvalue weighted by molar-refractivity contribution is 5.96. The van der Waals surface area contributed by atoms with Gasteiger partial charge in [-0.25, -0.2) is 4.79 Å². The number of fused-ring (bicyclic) bond motifs is 1. The highest BCUT2D eigenvalue weighted by Crippen LogP contribution is 2.19. The number of aliphatic hydroxyl groups is 1. The summed E-state index contributed by atoms with van der Waals surface area (Å²) in [6.45, 7) is -0.268. The topological polar surface area (TPSA) is 210 Å². The number of aliphatic carboxylic acids is 2. The molecule has 1 fully saturated rings. The van der Waals surface area contributed by atoms with Gasteiger partial charge in [-0.1, -0.05) is 18.2 Å². The molecule has 4 unspecified atom stereocenters. The Balaban J connectivity index is 1.81. The lowest BCUT2D eigenvalue weighted by atomic mass is 10.0. The normalized spacial score (nSPS) is 17.6. The predicted molar refractivity (Wildman–Crippen MR) is 126 cm³/mol. The smallest absolute Gasteiger partial charge is 0.328 e. The second kappa shape index (κ2) is 12.1. The van der Waals surface area contributed by atoms with E-state index in [-0.39, 0.29) is 6.42 Å². The summed E-state index contributed by atoms with van der Waals surface area (Å²) >= 11 is 0. The van der Waals surface area contributed by atoms with E-state index in [2.05, 4.69) is 20.9 Å². The van der Waals surface area contributed by atoms with Crippen molar-refractivity contribution in [3.63, 3.8) is 0 Å². The van der Waals surface area contributed by atoms with Crippen molar-refractivity contribution in [1.29, 1.82) is 0 Å². The van der Waals surface area contributed by atoms with E-state index in [1.54, 1.807) is 6.20 Å². The molecule has 4 atom stereocenters. The molecular weight excluding hydrogens is 474 g/mol. The number of H-pyrrole nitrogens is 1. The number of carboxylic acids is 2. The third-order valence-corrected chi connectivity index (χ3v) is 5.92. The molecule has 0 radical (unpaired) electrons. The van der Waals surface area contributed by atoms with E-state index in [1.807, 2.05) is 29.6 Å². The van der Waals surface area contributed by atoms with Crippen LogP contribution in [0.4, 0.5) is 0 Å². The quantitative estimate of drug-likeness (QED) is 0.169. The van der Waals surface area contributed by atoms with Gasteiger partial charge in [0.25, 0.3) is 0 Å². The summed E-state index contributed by atoms with van der Waals surface area (Å²) in [6, 6.07) is 2.39. The molecule has 2 heterocycles. The van der Waals surface area contributed by atoms with Crippen LogP contribution < -0.4 is 21.3 Å². The average molecular weight is 504 g/mol. The zero-order valence-corrected chi connectivity index (χ0v) is 19.3. The Hall–Kier alpha value is -3.97. The van der Waals surface area contributed by atoms with Crippen LogP contribution in [0.3, 0.4) is 0 Å². The van der Waals surface area contributed by atoms with Crippen LogP contribution in [-0.4, -0.2) is 87.3 Å². The van der Waals surface area contributed by atoms with Gasteiger partial charge in [-0.05, 0) is 31.0 Å². The Kier molecular flexibility index (Phi) is 8.97. The van der Waals surface area contributed by atoms with Crippen LogP contribution >= 0.6 is 0 Å². The Bertz CT molecular complexity index is 1130. The summed E-state index contributed by atoms with van der Waals surface area (Å²) in [4.78, 5) is 64.2. The van der Waals surface area contributed by atoms with E-state index in [0.717, 1.165) is 22.9 Å². The van der Waals surface area contributed by atoms with Gasteiger partial charge in [-0.15, -0.1) is 0 Å². The van der Waals surface area contributed by atoms with E-state index in [0.29, 0.717) is 13.0 Å². The van der Waals surface area contributed by atoms with E-state index in [1.165, 1.54) is 0 Å². The summed E-state index contributed by atoms with van der Waals surface area (Å²) in [7, 11) is 0. The third kappa shape index (κ3) is 6.79. The molecule has 0 saturated carbocycles. The zero-order chi connectivity index (χ0) is 26.2. The number of hydrogen-bond donors (Lipinski definition) is 8. The van der Waals surface area contributed by atoms with E-state index < -0.39 is 66.9 Å². The fourth-order valence-corrected chi connectivity index (χ4v) is 4.02. The van der Waals surface area contributed by atoms with E-state index >= 15 is 0 Å². The number of aromatic amines is 1. The molecule has 3 rings (SSSR count). The minimum absolute atomic E-state index is 0.0457.